The molecule has 3 fully saturated rings. The van der Waals surface area contributed by atoms with E-state index in [9.17, 15) is 9.59 Å². The molecule has 0 saturated heterocycles. The molecule has 10 nitrogen and oxygen atoms in total. The van der Waals surface area contributed by atoms with E-state index in [-0.39, 0.29) is 23.7 Å². The monoisotopic (exact) mass is 556 g/mol. The molecule has 0 aromatic heterocycles. The molecule has 41 heavy (non-hydrogen) atoms. The molecule has 2 aromatic carbocycles. The summed E-state index contributed by atoms with van der Waals surface area (Å²) in [6, 6.07) is 15.8. The van der Waals surface area contributed by atoms with E-state index in [1.54, 1.807) is 0 Å². The van der Waals surface area contributed by atoms with Crippen LogP contribution in [0, 0.1) is 21.6 Å². The minimum Gasteiger partial charge on any atom is -0.370 e. The van der Waals surface area contributed by atoms with Crippen LogP contribution in [0.5, 0.6) is 0 Å². The number of hydrogen-bond acceptors (Lipinski definition) is 4. The molecule has 0 radical (unpaired) electrons. The summed E-state index contributed by atoms with van der Waals surface area (Å²) < 4.78 is 0. The minimum absolute atomic E-state index is 0.0406. The zero-order valence-corrected chi connectivity index (χ0v) is 23.4. The molecule has 216 valence electrons. The second-order valence-electron chi connectivity index (χ2n) is 11.6. The topological polar surface area (TPSA) is 173 Å². The van der Waals surface area contributed by atoms with Crippen LogP contribution >= 0.6 is 0 Å². The molecule has 4 aliphatic rings. The van der Waals surface area contributed by atoms with E-state index >= 15 is 0 Å². The summed E-state index contributed by atoms with van der Waals surface area (Å²) in [4.78, 5) is 28.7. The van der Waals surface area contributed by atoms with Crippen LogP contribution in [0.25, 0.3) is 5.57 Å². The SMILES string of the molecule is N=C(N)NCCc1ccc(NC(=O)C23CCC(C(=O)Nc4ccc(C5=CCN(C(=N)N)CC5)cc4)(CC2)CC3)cc1. The van der Waals surface area contributed by atoms with Crippen LogP contribution in [-0.4, -0.2) is 48.3 Å². The highest BCUT2D eigenvalue weighted by Gasteiger charge is 2.55. The highest BCUT2D eigenvalue weighted by Crippen LogP contribution is 2.57. The van der Waals surface area contributed by atoms with Gasteiger partial charge in [0.05, 0.1) is 0 Å². The van der Waals surface area contributed by atoms with Gasteiger partial charge in [0.25, 0.3) is 0 Å². The first kappa shape index (κ1) is 28.2. The summed E-state index contributed by atoms with van der Waals surface area (Å²) in [5.41, 5.74) is 15.1. The highest BCUT2D eigenvalue weighted by atomic mass is 16.2. The molecule has 0 atom stereocenters. The largest absolute Gasteiger partial charge is 0.370 e. The second-order valence-corrected chi connectivity index (χ2v) is 11.6. The number of carbonyl (C=O) groups excluding carboxylic acids is 2. The zero-order chi connectivity index (χ0) is 29.0. The number of benzene rings is 2. The van der Waals surface area contributed by atoms with Crippen LogP contribution in [0.15, 0.2) is 54.6 Å². The van der Waals surface area contributed by atoms with Crippen molar-refractivity contribution in [1.29, 1.82) is 10.8 Å². The normalized spacial score (nSPS) is 23.3. The fourth-order valence-electron chi connectivity index (χ4n) is 6.41. The number of rotatable bonds is 8. The lowest BCUT2D eigenvalue weighted by Gasteiger charge is -2.51. The summed E-state index contributed by atoms with van der Waals surface area (Å²) in [6.07, 6.45) is 7.96. The van der Waals surface area contributed by atoms with Crippen molar-refractivity contribution in [3.05, 3.63) is 65.7 Å². The highest BCUT2D eigenvalue weighted by molar-refractivity contribution is 5.98. The summed E-state index contributed by atoms with van der Waals surface area (Å²) in [7, 11) is 0. The van der Waals surface area contributed by atoms with E-state index < -0.39 is 10.8 Å². The van der Waals surface area contributed by atoms with E-state index in [0.717, 1.165) is 41.9 Å². The summed E-state index contributed by atoms with van der Waals surface area (Å²) in [5.74, 6) is 0.170. The van der Waals surface area contributed by atoms with Crippen LogP contribution < -0.4 is 27.4 Å². The molecule has 0 unspecified atom stereocenters. The van der Waals surface area contributed by atoms with E-state index in [0.29, 0.717) is 51.6 Å². The summed E-state index contributed by atoms with van der Waals surface area (Å²) >= 11 is 0. The number of anilines is 2. The molecule has 3 saturated carbocycles. The van der Waals surface area contributed by atoms with Crippen LogP contribution in [-0.2, 0) is 16.0 Å². The maximum atomic E-state index is 13.5. The third-order valence-corrected chi connectivity index (χ3v) is 9.21. The van der Waals surface area contributed by atoms with Gasteiger partial charge in [-0.25, -0.2) is 0 Å². The van der Waals surface area contributed by atoms with Crippen LogP contribution in [0.3, 0.4) is 0 Å². The molecule has 3 aliphatic carbocycles. The van der Waals surface area contributed by atoms with Gasteiger partial charge in [-0.1, -0.05) is 30.3 Å². The van der Waals surface area contributed by atoms with Gasteiger partial charge in [0.2, 0.25) is 11.8 Å². The van der Waals surface area contributed by atoms with Crippen molar-refractivity contribution in [2.45, 2.75) is 51.4 Å². The molecular formula is C31H40N8O2. The number of fused-ring (bicyclic) bond motifs is 3. The quantitative estimate of drug-likeness (QED) is 0.193. The molecule has 1 heterocycles. The maximum Gasteiger partial charge on any atom is 0.230 e. The molecule has 2 bridgehead atoms. The van der Waals surface area contributed by atoms with E-state index in [2.05, 4.69) is 22.0 Å². The first-order valence-electron chi connectivity index (χ1n) is 14.4. The van der Waals surface area contributed by atoms with Crippen molar-refractivity contribution in [2.75, 3.05) is 30.3 Å². The average Bonchev–Trinajstić information content (AvgIpc) is 2.99. The van der Waals surface area contributed by atoms with E-state index in [1.807, 2.05) is 53.4 Å². The minimum atomic E-state index is -0.418. The molecule has 6 rings (SSSR count). The van der Waals surface area contributed by atoms with Gasteiger partial charge in [-0.3, -0.25) is 20.4 Å². The number of nitrogens with two attached hydrogens (primary N) is 2. The summed E-state index contributed by atoms with van der Waals surface area (Å²) in [6.45, 7) is 1.96. The molecule has 10 heteroatoms. The number of carbonyl (C=O) groups is 2. The Balaban J connectivity index is 1.13. The van der Waals surface area contributed by atoms with Gasteiger partial charge in [0.1, 0.15) is 0 Å². The Morgan fingerprint density at radius 2 is 1.32 bits per heavy atom. The smallest absolute Gasteiger partial charge is 0.230 e. The molecule has 1 aliphatic heterocycles. The van der Waals surface area contributed by atoms with Crippen LogP contribution in [0.2, 0.25) is 0 Å². The Kier molecular flexibility index (Phi) is 8.01. The third-order valence-electron chi connectivity index (χ3n) is 9.21. The first-order valence-corrected chi connectivity index (χ1v) is 14.4. The van der Waals surface area contributed by atoms with Crippen LogP contribution in [0.4, 0.5) is 11.4 Å². The van der Waals surface area contributed by atoms with Gasteiger partial charge in [-0.15, -0.1) is 0 Å². The van der Waals surface area contributed by atoms with Gasteiger partial charge >= 0.3 is 0 Å². The summed E-state index contributed by atoms with van der Waals surface area (Å²) in [5, 5.41) is 23.9. The Labute approximate surface area is 240 Å². The van der Waals surface area contributed by atoms with Crippen molar-refractivity contribution in [1.82, 2.24) is 10.2 Å². The molecule has 2 amide bonds. The van der Waals surface area contributed by atoms with Gasteiger partial charge in [-0.2, -0.15) is 0 Å². The lowest BCUT2D eigenvalue weighted by Crippen LogP contribution is -2.52. The Morgan fingerprint density at radius 3 is 1.76 bits per heavy atom. The number of amides is 2. The van der Waals surface area contributed by atoms with Crippen molar-refractivity contribution in [3.8, 4) is 0 Å². The fraction of sp³-hybridized carbons (Fsp3) is 0.419. The van der Waals surface area contributed by atoms with Gasteiger partial charge in [0, 0.05) is 41.8 Å². The predicted octanol–water partition coefficient (Wildman–Crippen LogP) is 3.61. The first-order chi connectivity index (χ1) is 19.7. The maximum absolute atomic E-state index is 13.5. The van der Waals surface area contributed by atoms with Gasteiger partial charge in [0.15, 0.2) is 11.9 Å². The lowest BCUT2D eigenvalue weighted by molar-refractivity contribution is -0.144. The lowest BCUT2D eigenvalue weighted by atomic mass is 9.53. The Hall–Kier alpha value is -4.34. The van der Waals surface area contributed by atoms with Crippen molar-refractivity contribution in [2.24, 2.45) is 22.3 Å². The predicted molar refractivity (Wildman–Crippen MR) is 162 cm³/mol. The standard InChI is InChI=1S/C31H40N8O2/c32-28(33)36-18-9-21-1-5-24(6-2-21)37-26(40)30-12-15-31(16-13-30,17-14-30)27(41)38-25-7-3-22(4-8-25)23-10-19-39(20-11-23)29(34)35/h1-8,10H,9,11-20H2,(H3,34,35)(H,37,40)(H,38,41)(H4,32,33,36). The molecular weight excluding hydrogens is 516 g/mol. The third kappa shape index (κ3) is 6.21. The molecule has 2 aromatic rings. The number of nitrogens with one attached hydrogen (secondary N) is 5. The van der Waals surface area contributed by atoms with E-state index in [1.165, 1.54) is 5.57 Å². The molecule has 9 N–H and O–H groups in total. The van der Waals surface area contributed by atoms with Gasteiger partial charge < -0.3 is 32.3 Å². The van der Waals surface area contributed by atoms with Gasteiger partial charge in [-0.05, 0) is 92.3 Å². The Bertz CT molecular complexity index is 1320. The van der Waals surface area contributed by atoms with Crippen molar-refractivity contribution >= 4 is 40.7 Å². The number of guanidine groups is 2. The zero-order valence-electron chi connectivity index (χ0n) is 23.4. The molecule has 0 spiro atoms. The van der Waals surface area contributed by atoms with Crippen molar-refractivity contribution < 1.29 is 9.59 Å². The number of hydrogen-bond donors (Lipinski definition) is 7. The second kappa shape index (κ2) is 11.6. The fourth-order valence-corrected chi connectivity index (χ4v) is 6.41. The average molecular weight is 557 g/mol. The van der Waals surface area contributed by atoms with Crippen molar-refractivity contribution in [3.63, 3.8) is 0 Å². The number of nitrogens with zero attached hydrogens (tertiary/aromatic N) is 1. The van der Waals surface area contributed by atoms with E-state index in [4.69, 9.17) is 22.3 Å². The van der Waals surface area contributed by atoms with Crippen LogP contribution in [0.1, 0.15) is 56.1 Å². The Morgan fingerprint density at radius 1 is 0.805 bits per heavy atom.